The van der Waals surface area contributed by atoms with Gasteiger partial charge in [-0.3, -0.25) is 4.79 Å². The van der Waals surface area contributed by atoms with Gasteiger partial charge in [-0.2, -0.15) is 0 Å². The van der Waals surface area contributed by atoms with Crippen LogP contribution in [0, 0.1) is 5.92 Å². The Morgan fingerprint density at radius 1 is 1.47 bits per heavy atom. The van der Waals surface area contributed by atoms with E-state index >= 15 is 0 Å². The third-order valence-electron chi connectivity index (χ3n) is 3.85. The number of carbonyl (C=O) groups excluding carboxylic acids is 1. The number of fused-ring (bicyclic) bond motifs is 1. The molecule has 0 aliphatic carbocycles. The number of nitrogens with one attached hydrogen (secondary N) is 1. The fraction of sp³-hybridized carbons (Fsp3) is 0.538. The van der Waals surface area contributed by atoms with E-state index in [1.165, 1.54) is 4.90 Å². The molecule has 19 heavy (non-hydrogen) atoms. The van der Waals surface area contributed by atoms with Gasteiger partial charge in [0.2, 0.25) is 5.91 Å². The van der Waals surface area contributed by atoms with E-state index in [9.17, 15) is 14.7 Å². The Hall–Kier alpha value is -1.40. The summed E-state index contributed by atoms with van der Waals surface area (Å²) in [6, 6.07) is 1.04. The molecule has 1 fully saturated rings. The number of carbonyl (C=O) groups is 2. The Bertz CT molecular complexity index is 510. The van der Waals surface area contributed by atoms with E-state index < -0.39 is 12.0 Å². The molecule has 2 N–H and O–H groups in total. The molecular formula is C13H16N2O3S. The van der Waals surface area contributed by atoms with E-state index in [0.29, 0.717) is 18.9 Å². The first-order valence-corrected chi connectivity index (χ1v) is 7.34. The Balaban J connectivity index is 1.80. The summed E-state index contributed by atoms with van der Waals surface area (Å²) in [5.41, 5.74) is 0.795. The van der Waals surface area contributed by atoms with Gasteiger partial charge in [-0.15, -0.1) is 11.3 Å². The normalized spacial score (nSPS) is 22.7. The molecule has 1 aromatic heterocycles. The van der Waals surface area contributed by atoms with Crippen molar-refractivity contribution in [2.24, 2.45) is 5.92 Å². The second kappa shape index (κ2) is 4.94. The van der Waals surface area contributed by atoms with Crippen LogP contribution >= 0.6 is 11.3 Å². The zero-order chi connectivity index (χ0) is 13.4. The van der Waals surface area contributed by atoms with E-state index in [2.05, 4.69) is 5.32 Å². The Kier molecular flexibility index (Phi) is 3.28. The fourth-order valence-electron chi connectivity index (χ4n) is 2.71. The number of carboxylic acid groups (broad SMARTS) is 1. The molecule has 0 bridgehead atoms. The molecule has 1 atom stereocenters. The highest BCUT2D eigenvalue weighted by molar-refractivity contribution is 7.10. The van der Waals surface area contributed by atoms with Gasteiger partial charge in [-0.05, 0) is 42.4 Å². The first kappa shape index (κ1) is 12.6. The lowest BCUT2D eigenvalue weighted by Crippen LogP contribution is -2.48. The minimum Gasteiger partial charge on any atom is -0.479 e. The van der Waals surface area contributed by atoms with Crippen LogP contribution in [0.25, 0.3) is 0 Å². The largest absolute Gasteiger partial charge is 0.479 e. The van der Waals surface area contributed by atoms with Crippen molar-refractivity contribution in [3.63, 3.8) is 0 Å². The van der Waals surface area contributed by atoms with Crippen molar-refractivity contribution in [3.05, 3.63) is 21.9 Å². The van der Waals surface area contributed by atoms with Crippen LogP contribution in [0.4, 0.5) is 0 Å². The number of thiophene rings is 1. The molecule has 0 aromatic carbocycles. The van der Waals surface area contributed by atoms with Gasteiger partial charge in [-0.25, -0.2) is 4.79 Å². The van der Waals surface area contributed by atoms with Crippen molar-refractivity contribution < 1.29 is 14.7 Å². The van der Waals surface area contributed by atoms with E-state index in [1.54, 1.807) is 11.3 Å². The number of hydrogen-bond acceptors (Lipinski definition) is 4. The van der Waals surface area contributed by atoms with Crippen molar-refractivity contribution in [2.75, 3.05) is 19.6 Å². The van der Waals surface area contributed by atoms with Gasteiger partial charge in [0, 0.05) is 17.8 Å². The maximum Gasteiger partial charge on any atom is 0.331 e. The SMILES string of the molecule is O=C(O)C1c2ccsc2CCN1C(=O)CC1CNC1. The first-order chi connectivity index (χ1) is 9.16. The molecule has 1 unspecified atom stereocenters. The second-order valence-corrected chi connectivity index (χ2v) is 6.11. The second-order valence-electron chi connectivity index (χ2n) is 5.11. The number of amides is 1. The average molecular weight is 280 g/mol. The molecular weight excluding hydrogens is 264 g/mol. The Morgan fingerprint density at radius 2 is 2.26 bits per heavy atom. The smallest absolute Gasteiger partial charge is 0.331 e. The standard InChI is InChI=1S/C13H16N2O3S/c16-11(5-8-6-14-7-8)15-3-1-10-9(2-4-19-10)12(15)13(17)18/h2,4,8,12,14H,1,3,5-7H2,(H,17,18). The maximum atomic E-state index is 12.3. The van der Waals surface area contributed by atoms with Crippen LogP contribution in [0.2, 0.25) is 0 Å². The summed E-state index contributed by atoms with van der Waals surface area (Å²) < 4.78 is 0. The number of carboxylic acids is 1. The zero-order valence-corrected chi connectivity index (χ0v) is 11.3. The number of aliphatic carboxylic acids is 1. The maximum absolute atomic E-state index is 12.3. The van der Waals surface area contributed by atoms with Crippen molar-refractivity contribution in [1.29, 1.82) is 0 Å². The molecule has 1 amide bonds. The zero-order valence-electron chi connectivity index (χ0n) is 10.5. The molecule has 2 aliphatic rings. The van der Waals surface area contributed by atoms with Crippen LogP contribution in [0.1, 0.15) is 22.9 Å². The summed E-state index contributed by atoms with van der Waals surface area (Å²) in [5, 5.41) is 14.5. The van der Waals surface area contributed by atoms with E-state index in [1.807, 2.05) is 11.4 Å². The summed E-state index contributed by atoms with van der Waals surface area (Å²) in [7, 11) is 0. The molecule has 1 saturated heterocycles. The Morgan fingerprint density at radius 3 is 2.89 bits per heavy atom. The molecule has 0 spiro atoms. The lowest BCUT2D eigenvalue weighted by atomic mass is 9.95. The van der Waals surface area contributed by atoms with Crippen molar-refractivity contribution in [2.45, 2.75) is 18.9 Å². The summed E-state index contributed by atoms with van der Waals surface area (Å²) in [4.78, 5) is 26.4. The van der Waals surface area contributed by atoms with Gasteiger partial charge in [0.15, 0.2) is 6.04 Å². The van der Waals surface area contributed by atoms with Crippen LogP contribution in [0.3, 0.4) is 0 Å². The molecule has 6 heteroatoms. The van der Waals surface area contributed by atoms with Gasteiger partial charge in [0.25, 0.3) is 0 Å². The predicted molar refractivity (Wildman–Crippen MR) is 71.1 cm³/mol. The summed E-state index contributed by atoms with van der Waals surface area (Å²) in [6.07, 6.45) is 1.22. The van der Waals surface area contributed by atoms with E-state index in [-0.39, 0.29) is 5.91 Å². The van der Waals surface area contributed by atoms with Crippen molar-refractivity contribution in [3.8, 4) is 0 Å². The molecule has 0 radical (unpaired) electrons. The summed E-state index contributed by atoms with van der Waals surface area (Å²) >= 11 is 1.58. The van der Waals surface area contributed by atoms with Crippen molar-refractivity contribution in [1.82, 2.24) is 10.2 Å². The molecule has 1 aromatic rings. The average Bonchev–Trinajstić information content (AvgIpc) is 2.79. The highest BCUT2D eigenvalue weighted by Gasteiger charge is 2.37. The van der Waals surface area contributed by atoms with E-state index in [0.717, 1.165) is 30.0 Å². The minimum atomic E-state index is -0.931. The van der Waals surface area contributed by atoms with Gasteiger partial charge < -0.3 is 15.3 Å². The molecule has 0 saturated carbocycles. The van der Waals surface area contributed by atoms with Gasteiger partial charge in [-0.1, -0.05) is 0 Å². The minimum absolute atomic E-state index is 0.0317. The van der Waals surface area contributed by atoms with Crippen molar-refractivity contribution >= 4 is 23.2 Å². The molecule has 3 rings (SSSR count). The Labute approximate surface area is 115 Å². The number of nitrogens with zero attached hydrogens (tertiary/aromatic N) is 1. The third-order valence-corrected chi connectivity index (χ3v) is 4.85. The monoisotopic (exact) mass is 280 g/mol. The topological polar surface area (TPSA) is 69.6 Å². The molecule has 3 heterocycles. The van der Waals surface area contributed by atoms with Crippen LogP contribution in [-0.2, 0) is 16.0 Å². The summed E-state index contributed by atoms with van der Waals surface area (Å²) in [5.74, 6) is -0.596. The lowest BCUT2D eigenvalue weighted by molar-refractivity contribution is -0.151. The quantitative estimate of drug-likeness (QED) is 0.862. The predicted octanol–water partition coefficient (Wildman–Crippen LogP) is 0.868. The highest BCUT2D eigenvalue weighted by atomic mass is 32.1. The third kappa shape index (κ3) is 2.26. The molecule has 5 nitrogen and oxygen atoms in total. The van der Waals surface area contributed by atoms with Crippen LogP contribution < -0.4 is 5.32 Å². The number of rotatable bonds is 3. The molecule has 2 aliphatic heterocycles. The fourth-order valence-corrected chi connectivity index (χ4v) is 3.61. The van der Waals surface area contributed by atoms with Gasteiger partial charge in [0.05, 0.1) is 0 Å². The van der Waals surface area contributed by atoms with E-state index in [4.69, 9.17) is 0 Å². The summed E-state index contributed by atoms with van der Waals surface area (Å²) in [6.45, 7) is 2.24. The van der Waals surface area contributed by atoms with Crippen LogP contribution in [-0.4, -0.2) is 41.5 Å². The lowest BCUT2D eigenvalue weighted by Gasteiger charge is -2.35. The molecule has 102 valence electrons. The highest BCUT2D eigenvalue weighted by Crippen LogP contribution is 2.34. The van der Waals surface area contributed by atoms with Crippen LogP contribution in [0.15, 0.2) is 11.4 Å². The van der Waals surface area contributed by atoms with Gasteiger partial charge >= 0.3 is 5.97 Å². The van der Waals surface area contributed by atoms with Gasteiger partial charge in [0.1, 0.15) is 0 Å². The van der Waals surface area contributed by atoms with Crippen LogP contribution in [0.5, 0.6) is 0 Å². The number of hydrogen-bond donors (Lipinski definition) is 2. The first-order valence-electron chi connectivity index (χ1n) is 6.46.